The van der Waals surface area contributed by atoms with Crippen LogP contribution in [0, 0.1) is 5.92 Å². The highest BCUT2D eigenvalue weighted by molar-refractivity contribution is 5.76. The van der Waals surface area contributed by atoms with Gasteiger partial charge in [-0.25, -0.2) is 4.79 Å². The van der Waals surface area contributed by atoms with Crippen molar-refractivity contribution in [2.45, 2.75) is 64.2 Å². The van der Waals surface area contributed by atoms with Crippen LogP contribution in [-0.2, 0) is 17.9 Å². The standard InChI is InChI=1S/C21H29F3N4O2/c22-21(23,24)8-4-19(29)27-11-6-16(7-12-27)3-1-2-9-26-20(30)28-14-17-5-10-25-13-18(17)15-28/h5,10,13,16H,1-4,6-9,11-12,14-15H2,(H,26,30). The van der Waals surface area contributed by atoms with Gasteiger partial charge in [-0.05, 0) is 42.4 Å². The number of halogens is 3. The Kier molecular flexibility index (Phi) is 7.55. The Morgan fingerprint density at radius 3 is 2.53 bits per heavy atom. The van der Waals surface area contributed by atoms with Crippen molar-refractivity contribution in [3.8, 4) is 0 Å². The molecule has 0 bridgehead atoms. The molecule has 1 N–H and O–H groups in total. The summed E-state index contributed by atoms with van der Waals surface area (Å²) in [4.78, 5) is 31.6. The summed E-state index contributed by atoms with van der Waals surface area (Å²) in [6.07, 6.45) is 2.33. The molecule has 1 saturated heterocycles. The molecule has 0 atom stereocenters. The molecule has 2 aliphatic rings. The van der Waals surface area contributed by atoms with Crippen molar-refractivity contribution in [1.82, 2.24) is 20.1 Å². The van der Waals surface area contributed by atoms with Gasteiger partial charge in [-0.2, -0.15) is 13.2 Å². The number of aromatic nitrogens is 1. The van der Waals surface area contributed by atoms with Crippen LogP contribution in [0.4, 0.5) is 18.0 Å². The van der Waals surface area contributed by atoms with Crippen molar-refractivity contribution in [2.24, 2.45) is 5.92 Å². The van der Waals surface area contributed by atoms with Crippen LogP contribution in [0.3, 0.4) is 0 Å². The minimum absolute atomic E-state index is 0.0584. The summed E-state index contributed by atoms with van der Waals surface area (Å²) in [5.41, 5.74) is 2.24. The average Bonchev–Trinajstić information content (AvgIpc) is 3.16. The third-order valence-corrected chi connectivity index (χ3v) is 5.92. The molecular weight excluding hydrogens is 397 g/mol. The van der Waals surface area contributed by atoms with Gasteiger partial charge in [0, 0.05) is 51.5 Å². The number of carbonyl (C=O) groups is 2. The number of likely N-dealkylation sites (tertiary alicyclic amines) is 1. The Bertz CT molecular complexity index is 708. The van der Waals surface area contributed by atoms with Gasteiger partial charge in [-0.1, -0.05) is 12.8 Å². The molecule has 9 heteroatoms. The zero-order chi connectivity index (χ0) is 21.6. The minimum atomic E-state index is -4.28. The van der Waals surface area contributed by atoms with E-state index in [9.17, 15) is 22.8 Å². The monoisotopic (exact) mass is 426 g/mol. The Morgan fingerprint density at radius 2 is 1.83 bits per heavy atom. The van der Waals surface area contributed by atoms with Crippen molar-refractivity contribution >= 4 is 11.9 Å². The summed E-state index contributed by atoms with van der Waals surface area (Å²) in [6, 6.07) is 1.88. The van der Waals surface area contributed by atoms with E-state index in [0.717, 1.165) is 43.2 Å². The number of alkyl halides is 3. The maximum absolute atomic E-state index is 12.3. The van der Waals surface area contributed by atoms with E-state index in [0.29, 0.717) is 38.6 Å². The predicted molar refractivity (Wildman–Crippen MR) is 105 cm³/mol. The number of nitrogens with zero attached hydrogens (tertiary/aromatic N) is 3. The third-order valence-electron chi connectivity index (χ3n) is 5.92. The molecule has 1 aromatic heterocycles. The molecule has 166 valence electrons. The number of nitrogens with one attached hydrogen (secondary N) is 1. The third kappa shape index (κ3) is 6.60. The summed E-state index contributed by atoms with van der Waals surface area (Å²) in [5.74, 6) is 0.0984. The molecule has 3 amide bonds. The highest BCUT2D eigenvalue weighted by Crippen LogP contribution is 2.26. The SMILES string of the molecule is O=C(CCC(F)(F)F)N1CCC(CCCCNC(=O)N2Cc3ccncc3C2)CC1. The molecule has 0 spiro atoms. The smallest absolute Gasteiger partial charge is 0.343 e. The Labute approximate surface area is 174 Å². The van der Waals surface area contributed by atoms with Crippen LogP contribution in [-0.4, -0.2) is 52.5 Å². The van der Waals surface area contributed by atoms with Crippen LogP contribution in [0.1, 0.15) is 56.1 Å². The number of fused-ring (bicyclic) bond motifs is 1. The van der Waals surface area contributed by atoms with Gasteiger partial charge >= 0.3 is 12.2 Å². The van der Waals surface area contributed by atoms with E-state index in [1.165, 1.54) is 0 Å². The Hall–Kier alpha value is -2.32. The second-order valence-corrected chi connectivity index (χ2v) is 8.17. The maximum atomic E-state index is 12.3. The second-order valence-electron chi connectivity index (χ2n) is 8.17. The highest BCUT2D eigenvalue weighted by Gasteiger charge is 2.30. The summed E-state index contributed by atoms with van der Waals surface area (Å²) < 4.78 is 36.7. The normalized spacial score (nSPS) is 17.2. The van der Waals surface area contributed by atoms with E-state index in [4.69, 9.17) is 0 Å². The van der Waals surface area contributed by atoms with E-state index in [1.807, 2.05) is 6.07 Å². The van der Waals surface area contributed by atoms with Gasteiger partial charge in [0.15, 0.2) is 0 Å². The van der Waals surface area contributed by atoms with Crippen molar-refractivity contribution in [3.63, 3.8) is 0 Å². The number of amides is 3. The molecule has 1 aromatic rings. The van der Waals surface area contributed by atoms with Gasteiger partial charge in [0.05, 0.1) is 6.42 Å². The Morgan fingerprint density at radius 1 is 1.10 bits per heavy atom. The van der Waals surface area contributed by atoms with Crippen molar-refractivity contribution < 1.29 is 22.8 Å². The van der Waals surface area contributed by atoms with Crippen LogP contribution in [0.25, 0.3) is 0 Å². The molecule has 2 aliphatic heterocycles. The molecule has 1 fully saturated rings. The van der Waals surface area contributed by atoms with Crippen molar-refractivity contribution in [1.29, 1.82) is 0 Å². The first-order chi connectivity index (χ1) is 14.3. The summed E-state index contributed by atoms with van der Waals surface area (Å²) in [7, 11) is 0. The second kappa shape index (κ2) is 10.1. The number of rotatable bonds is 7. The lowest BCUT2D eigenvalue weighted by atomic mass is 9.91. The van der Waals surface area contributed by atoms with E-state index < -0.39 is 24.9 Å². The molecule has 0 unspecified atom stereocenters. The largest absolute Gasteiger partial charge is 0.389 e. The van der Waals surface area contributed by atoms with Gasteiger partial charge < -0.3 is 15.1 Å². The van der Waals surface area contributed by atoms with Gasteiger partial charge in [0.25, 0.3) is 0 Å². The molecule has 3 heterocycles. The average molecular weight is 426 g/mol. The lowest BCUT2D eigenvalue weighted by Crippen LogP contribution is -2.39. The van der Waals surface area contributed by atoms with Gasteiger partial charge in [-0.15, -0.1) is 0 Å². The number of hydrogen-bond acceptors (Lipinski definition) is 3. The van der Waals surface area contributed by atoms with Gasteiger partial charge in [-0.3, -0.25) is 9.78 Å². The summed E-state index contributed by atoms with van der Waals surface area (Å²) >= 11 is 0. The topological polar surface area (TPSA) is 65.5 Å². The summed E-state index contributed by atoms with van der Waals surface area (Å²) in [6.45, 7) is 2.92. The number of pyridine rings is 1. The quantitative estimate of drug-likeness (QED) is 0.674. The van der Waals surface area contributed by atoms with Crippen LogP contribution in [0.15, 0.2) is 18.5 Å². The first-order valence-corrected chi connectivity index (χ1v) is 10.6. The fraction of sp³-hybridized carbons (Fsp3) is 0.667. The highest BCUT2D eigenvalue weighted by atomic mass is 19.4. The summed E-state index contributed by atoms with van der Waals surface area (Å²) in [5, 5.41) is 2.97. The fourth-order valence-electron chi connectivity index (χ4n) is 4.11. The number of hydrogen-bond donors (Lipinski definition) is 1. The molecule has 6 nitrogen and oxygen atoms in total. The van der Waals surface area contributed by atoms with Crippen LogP contribution in [0.5, 0.6) is 0 Å². The molecule has 30 heavy (non-hydrogen) atoms. The molecule has 0 radical (unpaired) electrons. The molecule has 0 saturated carbocycles. The van der Waals surface area contributed by atoms with Gasteiger partial charge in [0.1, 0.15) is 0 Å². The number of unbranched alkanes of at least 4 members (excludes halogenated alkanes) is 1. The van der Waals surface area contributed by atoms with E-state index in [-0.39, 0.29) is 6.03 Å². The first kappa shape index (κ1) is 22.4. The lowest BCUT2D eigenvalue weighted by molar-refractivity contribution is -0.149. The minimum Gasteiger partial charge on any atom is -0.343 e. The maximum Gasteiger partial charge on any atom is 0.389 e. The predicted octanol–water partition coefficient (Wildman–Crippen LogP) is 3.86. The Balaban J connectivity index is 1.24. The molecule has 0 aromatic carbocycles. The number of carbonyl (C=O) groups excluding carboxylic acids is 2. The number of piperidine rings is 1. The van der Waals surface area contributed by atoms with E-state index in [2.05, 4.69) is 10.3 Å². The van der Waals surface area contributed by atoms with E-state index >= 15 is 0 Å². The van der Waals surface area contributed by atoms with Crippen LogP contribution < -0.4 is 5.32 Å². The molecular formula is C21H29F3N4O2. The van der Waals surface area contributed by atoms with Crippen molar-refractivity contribution in [2.75, 3.05) is 19.6 Å². The zero-order valence-electron chi connectivity index (χ0n) is 17.1. The van der Waals surface area contributed by atoms with Gasteiger partial charge in [0.2, 0.25) is 5.91 Å². The number of urea groups is 1. The fourth-order valence-corrected chi connectivity index (χ4v) is 4.11. The lowest BCUT2D eigenvalue weighted by Gasteiger charge is -2.32. The van der Waals surface area contributed by atoms with Crippen LogP contribution in [0.2, 0.25) is 0 Å². The van der Waals surface area contributed by atoms with Crippen LogP contribution >= 0.6 is 0 Å². The molecule has 0 aliphatic carbocycles. The van der Waals surface area contributed by atoms with Crippen molar-refractivity contribution in [3.05, 3.63) is 29.6 Å². The van der Waals surface area contributed by atoms with E-state index in [1.54, 1.807) is 22.2 Å². The molecule has 3 rings (SSSR count). The first-order valence-electron chi connectivity index (χ1n) is 10.6. The zero-order valence-corrected chi connectivity index (χ0v) is 17.1.